The maximum Gasteiger partial charge on any atom is 0.220 e. The largest absolute Gasteiger partial charge is 0.361 e. The molecule has 0 aromatic carbocycles. The summed E-state index contributed by atoms with van der Waals surface area (Å²) < 4.78 is 5.08. The van der Waals surface area contributed by atoms with Gasteiger partial charge in [-0.25, -0.2) is 0 Å². The van der Waals surface area contributed by atoms with Gasteiger partial charge in [-0.1, -0.05) is 5.16 Å². The molecular weight excluding hydrogens is 266 g/mol. The molecule has 19 heavy (non-hydrogen) atoms. The second-order valence-corrected chi connectivity index (χ2v) is 5.05. The summed E-state index contributed by atoms with van der Waals surface area (Å²) in [6.45, 7) is 4.30. The van der Waals surface area contributed by atoms with Crippen molar-refractivity contribution in [1.29, 1.82) is 0 Å². The molecule has 0 radical (unpaired) electrons. The molecule has 0 bridgehead atoms. The second-order valence-electron chi connectivity index (χ2n) is 5.05. The van der Waals surface area contributed by atoms with E-state index in [1.165, 1.54) is 12.8 Å². The Labute approximate surface area is 119 Å². The average molecular weight is 288 g/mol. The van der Waals surface area contributed by atoms with Crippen LogP contribution < -0.4 is 11.1 Å². The highest BCUT2D eigenvalue weighted by Crippen LogP contribution is 2.32. The van der Waals surface area contributed by atoms with Gasteiger partial charge in [0.05, 0.1) is 5.69 Å². The van der Waals surface area contributed by atoms with Crippen molar-refractivity contribution in [3.63, 3.8) is 0 Å². The van der Waals surface area contributed by atoms with Crippen molar-refractivity contribution in [3.05, 3.63) is 17.0 Å². The third-order valence-corrected chi connectivity index (χ3v) is 3.57. The number of carbonyl (C=O) groups excluding carboxylic acids is 1. The minimum atomic E-state index is 0. The Morgan fingerprint density at radius 3 is 2.68 bits per heavy atom. The molecular formula is C13H22ClN3O2. The fourth-order valence-corrected chi connectivity index (χ4v) is 2.24. The molecule has 108 valence electrons. The highest BCUT2D eigenvalue weighted by Gasteiger charge is 2.31. The molecule has 1 aromatic heterocycles. The summed E-state index contributed by atoms with van der Waals surface area (Å²) in [5, 5.41) is 6.90. The zero-order chi connectivity index (χ0) is 13.1. The molecule has 1 fully saturated rings. The van der Waals surface area contributed by atoms with Crippen LogP contribution in [0.4, 0.5) is 0 Å². The van der Waals surface area contributed by atoms with Crippen LogP contribution in [0.15, 0.2) is 4.52 Å². The minimum Gasteiger partial charge on any atom is -0.361 e. The topological polar surface area (TPSA) is 81.2 Å². The Kier molecular flexibility index (Phi) is 5.82. The first kappa shape index (κ1) is 16.0. The number of aromatic nitrogens is 1. The monoisotopic (exact) mass is 287 g/mol. The standard InChI is InChI=1S/C13H21N3O2.ClH/c1-8-11(9(2)18-16-8)5-6-13(17)15-12(7-14)10-3-4-10;/h10,12H,3-7,14H2,1-2H3,(H,15,17);1H. The van der Waals surface area contributed by atoms with Crippen molar-refractivity contribution in [2.75, 3.05) is 6.54 Å². The zero-order valence-electron chi connectivity index (χ0n) is 11.4. The van der Waals surface area contributed by atoms with Crippen LogP contribution in [0.5, 0.6) is 0 Å². The van der Waals surface area contributed by atoms with Gasteiger partial charge in [-0.3, -0.25) is 4.79 Å². The van der Waals surface area contributed by atoms with Crippen LogP contribution in [0.2, 0.25) is 0 Å². The molecule has 5 nitrogen and oxygen atoms in total. The molecule has 3 N–H and O–H groups in total. The average Bonchev–Trinajstić information content (AvgIpc) is 3.13. The van der Waals surface area contributed by atoms with Gasteiger partial charge < -0.3 is 15.6 Å². The molecule has 0 aliphatic heterocycles. The van der Waals surface area contributed by atoms with Crippen LogP contribution >= 0.6 is 12.4 Å². The first-order chi connectivity index (χ1) is 8.61. The van der Waals surface area contributed by atoms with E-state index in [4.69, 9.17) is 10.3 Å². The van der Waals surface area contributed by atoms with Crippen molar-refractivity contribution < 1.29 is 9.32 Å². The first-order valence-corrected chi connectivity index (χ1v) is 6.53. The fourth-order valence-electron chi connectivity index (χ4n) is 2.24. The molecule has 6 heteroatoms. The number of hydrogen-bond donors (Lipinski definition) is 2. The fraction of sp³-hybridized carbons (Fsp3) is 0.692. The highest BCUT2D eigenvalue weighted by molar-refractivity contribution is 5.85. The smallest absolute Gasteiger partial charge is 0.220 e. The number of halogens is 1. The molecule has 1 aliphatic carbocycles. The predicted octanol–water partition coefficient (Wildman–Crippen LogP) is 1.50. The molecule has 1 amide bonds. The normalized spacial score (nSPS) is 15.7. The van der Waals surface area contributed by atoms with Gasteiger partial charge in [0.1, 0.15) is 5.76 Å². The van der Waals surface area contributed by atoms with Gasteiger partial charge in [0.15, 0.2) is 0 Å². The van der Waals surface area contributed by atoms with E-state index >= 15 is 0 Å². The van der Waals surface area contributed by atoms with E-state index in [0.29, 0.717) is 25.3 Å². The first-order valence-electron chi connectivity index (χ1n) is 6.53. The molecule has 0 spiro atoms. The van der Waals surface area contributed by atoms with Crippen molar-refractivity contribution in [2.24, 2.45) is 11.7 Å². The van der Waals surface area contributed by atoms with Crippen LogP contribution in [0.3, 0.4) is 0 Å². The van der Waals surface area contributed by atoms with E-state index in [2.05, 4.69) is 10.5 Å². The van der Waals surface area contributed by atoms with Crippen LogP contribution in [0.25, 0.3) is 0 Å². The second kappa shape index (κ2) is 6.91. The summed E-state index contributed by atoms with van der Waals surface area (Å²) in [6.07, 6.45) is 3.51. The lowest BCUT2D eigenvalue weighted by molar-refractivity contribution is -0.121. The van der Waals surface area contributed by atoms with Gasteiger partial charge in [0.25, 0.3) is 0 Å². The summed E-state index contributed by atoms with van der Waals surface area (Å²) in [6, 6.07) is 0.155. The van der Waals surface area contributed by atoms with E-state index in [0.717, 1.165) is 17.0 Å². The molecule has 1 aromatic rings. The lowest BCUT2D eigenvalue weighted by Crippen LogP contribution is -2.41. The Balaban J connectivity index is 0.00000180. The zero-order valence-corrected chi connectivity index (χ0v) is 12.3. The Morgan fingerprint density at radius 1 is 1.53 bits per heavy atom. The maximum atomic E-state index is 11.8. The number of aryl methyl sites for hydroxylation is 2. The summed E-state index contributed by atoms with van der Waals surface area (Å²) in [5.74, 6) is 1.47. The molecule has 0 saturated heterocycles. The summed E-state index contributed by atoms with van der Waals surface area (Å²) in [5.41, 5.74) is 7.58. The molecule has 1 aliphatic rings. The number of nitrogens with zero attached hydrogens (tertiary/aromatic N) is 1. The molecule has 1 heterocycles. The van der Waals surface area contributed by atoms with Crippen molar-refractivity contribution in [1.82, 2.24) is 10.5 Å². The van der Waals surface area contributed by atoms with Crippen LogP contribution in [0, 0.1) is 19.8 Å². The Bertz CT molecular complexity index is 410. The van der Waals surface area contributed by atoms with Crippen molar-refractivity contribution in [2.45, 2.75) is 45.6 Å². The van der Waals surface area contributed by atoms with Crippen LogP contribution in [-0.2, 0) is 11.2 Å². The maximum absolute atomic E-state index is 11.8. The van der Waals surface area contributed by atoms with Crippen LogP contribution in [0.1, 0.15) is 36.3 Å². The van der Waals surface area contributed by atoms with E-state index < -0.39 is 0 Å². The van der Waals surface area contributed by atoms with Gasteiger partial charge in [0.2, 0.25) is 5.91 Å². The lowest BCUT2D eigenvalue weighted by atomic mass is 10.1. The number of amides is 1. The lowest BCUT2D eigenvalue weighted by Gasteiger charge is -2.15. The number of nitrogens with one attached hydrogen (secondary N) is 1. The SMILES string of the molecule is Cc1noc(C)c1CCC(=O)NC(CN)C1CC1.Cl. The quantitative estimate of drug-likeness (QED) is 0.831. The third-order valence-electron chi connectivity index (χ3n) is 3.57. The number of hydrogen-bond acceptors (Lipinski definition) is 4. The van der Waals surface area contributed by atoms with E-state index in [1.807, 2.05) is 13.8 Å². The predicted molar refractivity (Wildman–Crippen MR) is 75.3 cm³/mol. The Hall–Kier alpha value is -1.07. The Morgan fingerprint density at radius 2 is 2.21 bits per heavy atom. The third kappa shape index (κ3) is 4.21. The van der Waals surface area contributed by atoms with Gasteiger partial charge in [0, 0.05) is 24.6 Å². The highest BCUT2D eigenvalue weighted by atomic mass is 35.5. The minimum absolute atomic E-state index is 0. The van der Waals surface area contributed by atoms with E-state index in [-0.39, 0.29) is 24.4 Å². The summed E-state index contributed by atoms with van der Waals surface area (Å²) >= 11 is 0. The summed E-state index contributed by atoms with van der Waals surface area (Å²) in [4.78, 5) is 11.8. The van der Waals surface area contributed by atoms with Gasteiger partial charge in [-0.05, 0) is 39.0 Å². The van der Waals surface area contributed by atoms with Crippen molar-refractivity contribution >= 4 is 18.3 Å². The molecule has 1 saturated carbocycles. The van der Waals surface area contributed by atoms with Gasteiger partial charge >= 0.3 is 0 Å². The number of nitrogens with two attached hydrogens (primary N) is 1. The molecule has 1 atom stereocenters. The van der Waals surface area contributed by atoms with Crippen molar-refractivity contribution in [3.8, 4) is 0 Å². The summed E-state index contributed by atoms with van der Waals surface area (Å²) in [7, 11) is 0. The van der Waals surface area contributed by atoms with Gasteiger partial charge in [-0.2, -0.15) is 0 Å². The molecule has 1 unspecified atom stereocenters. The van der Waals surface area contributed by atoms with Gasteiger partial charge in [-0.15, -0.1) is 12.4 Å². The van der Waals surface area contributed by atoms with E-state index in [1.54, 1.807) is 0 Å². The van der Waals surface area contributed by atoms with E-state index in [9.17, 15) is 4.79 Å². The number of carbonyl (C=O) groups is 1. The number of rotatable bonds is 6. The van der Waals surface area contributed by atoms with Crippen LogP contribution in [-0.4, -0.2) is 23.7 Å². The molecule has 2 rings (SSSR count).